The molecule has 1 N–H and O–H groups in total. The maximum atomic E-state index is 12.3. The Morgan fingerprint density at radius 2 is 1.82 bits per heavy atom. The molecule has 1 aromatic heterocycles. The van der Waals surface area contributed by atoms with E-state index in [4.69, 9.17) is 4.74 Å². The fourth-order valence-corrected chi connectivity index (χ4v) is 3.21. The van der Waals surface area contributed by atoms with Crippen molar-refractivity contribution in [2.24, 2.45) is 0 Å². The lowest BCUT2D eigenvalue weighted by Gasteiger charge is -2.34. The number of aromatic nitrogens is 1. The summed E-state index contributed by atoms with van der Waals surface area (Å²) >= 11 is 0. The van der Waals surface area contributed by atoms with Crippen LogP contribution in [0.1, 0.15) is 24.6 Å². The van der Waals surface area contributed by atoms with Crippen LogP contribution in [0.3, 0.4) is 0 Å². The number of ether oxygens (including phenoxy) is 1. The van der Waals surface area contributed by atoms with Gasteiger partial charge in [0.15, 0.2) is 0 Å². The van der Waals surface area contributed by atoms with Crippen molar-refractivity contribution in [1.82, 2.24) is 20.1 Å². The van der Waals surface area contributed by atoms with Gasteiger partial charge in [-0.25, -0.2) is 0 Å². The third-order valence-corrected chi connectivity index (χ3v) is 4.83. The number of nitrogens with one attached hydrogen (secondary N) is 1. The number of amides is 1. The highest BCUT2D eigenvalue weighted by atomic mass is 16.5. The second-order valence-electron chi connectivity index (χ2n) is 7.14. The second kappa shape index (κ2) is 10.8. The molecular formula is C22H30N4O2. The average Bonchev–Trinajstić information content (AvgIpc) is 2.74. The maximum Gasteiger partial charge on any atom is 0.234 e. The van der Waals surface area contributed by atoms with E-state index in [9.17, 15) is 4.79 Å². The molecule has 1 aliphatic rings. The Morgan fingerprint density at radius 3 is 2.50 bits per heavy atom. The van der Waals surface area contributed by atoms with Crippen LogP contribution in [0.15, 0.2) is 48.7 Å². The Kier molecular flexibility index (Phi) is 7.82. The molecule has 0 spiro atoms. The van der Waals surface area contributed by atoms with E-state index in [-0.39, 0.29) is 5.91 Å². The van der Waals surface area contributed by atoms with Crippen LogP contribution in [-0.2, 0) is 17.9 Å². The molecule has 1 fully saturated rings. The number of piperazine rings is 1. The van der Waals surface area contributed by atoms with Gasteiger partial charge in [0.05, 0.1) is 18.8 Å². The van der Waals surface area contributed by atoms with Crippen LogP contribution in [0.2, 0.25) is 0 Å². The first-order valence-electron chi connectivity index (χ1n) is 10.1. The summed E-state index contributed by atoms with van der Waals surface area (Å²) in [4.78, 5) is 21.3. The molecule has 1 saturated heterocycles. The number of hydrogen-bond donors (Lipinski definition) is 1. The maximum absolute atomic E-state index is 12.3. The van der Waals surface area contributed by atoms with Crippen LogP contribution < -0.4 is 10.1 Å². The lowest BCUT2D eigenvalue weighted by Crippen LogP contribution is -2.49. The zero-order valence-corrected chi connectivity index (χ0v) is 16.6. The largest absolute Gasteiger partial charge is 0.494 e. The van der Waals surface area contributed by atoms with Crippen LogP contribution in [-0.4, -0.2) is 60.0 Å². The van der Waals surface area contributed by atoms with E-state index in [0.717, 1.165) is 62.8 Å². The van der Waals surface area contributed by atoms with Crippen molar-refractivity contribution in [1.29, 1.82) is 0 Å². The van der Waals surface area contributed by atoms with Crippen molar-refractivity contribution in [2.75, 3.05) is 39.3 Å². The summed E-state index contributed by atoms with van der Waals surface area (Å²) < 4.78 is 5.58. The topological polar surface area (TPSA) is 57.7 Å². The summed E-state index contributed by atoms with van der Waals surface area (Å²) in [6, 6.07) is 13.9. The molecule has 1 amide bonds. The molecular weight excluding hydrogens is 352 g/mol. The average molecular weight is 383 g/mol. The fraction of sp³-hybridized carbons (Fsp3) is 0.455. The fourth-order valence-electron chi connectivity index (χ4n) is 3.21. The standard InChI is InChI=1S/C22H30N4O2/c1-2-15-28-21-8-6-19(7-9-21)16-24-22(27)18-26-13-11-25(12-14-26)17-20-5-3-4-10-23-20/h3-10H,2,11-18H2,1H3,(H,24,27). The first kappa shape index (κ1) is 20.3. The van der Waals surface area contributed by atoms with Gasteiger partial charge < -0.3 is 10.1 Å². The molecule has 1 aromatic carbocycles. The molecule has 0 saturated carbocycles. The third-order valence-electron chi connectivity index (χ3n) is 4.83. The molecule has 0 aliphatic carbocycles. The third kappa shape index (κ3) is 6.62. The van der Waals surface area contributed by atoms with Crippen molar-refractivity contribution >= 4 is 5.91 Å². The summed E-state index contributed by atoms with van der Waals surface area (Å²) in [7, 11) is 0. The molecule has 0 unspecified atom stereocenters. The van der Waals surface area contributed by atoms with Crippen LogP contribution in [0.25, 0.3) is 0 Å². The Morgan fingerprint density at radius 1 is 1.07 bits per heavy atom. The monoisotopic (exact) mass is 382 g/mol. The number of hydrogen-bond acceptors (Lipinski definition) is 5. The first-order chi connectivity index (χ1) is 13.7. The minimum Gasteiger partial charge on any atom is -0.494 e. The molecule has 3 rings (SSSR count). The van der Waals surface area contributed by atoms with Gasteiger partial charge in [-0.2, -0.15) is 0 Å². The molecule has 0 bridgehead atoms. The van der Waals surface area contributed by atoms with Gasteiger partial charge in [0.1, 0.15) is 5.75 Å². The van der Waals surface area contributed by atoms with E-state index < -0.39 is 0 Å². The van der Waals surface area contributed by atoms with E-state index in [1.54, 1.807) is 0 Å². The minimum absolute atomic E-state index is 0.0736. The Bertz CT molecular complexity index is 713. The highest BCUT2D eigenvalue weighted by molar-refractivity contribution is 5.78. The smallest absolute Gasteiger partial charge is 0.234 e. The van der Waals surface area contributed by atoms with Gasteiger partial charge in [0.2, 0.25) is 5.91 Å². The Balaban J connectivity index is 1.34. The summed E-state index contributed by atoms with van der Waals surface area (Å²) in [5.74, 6) is 0.949. The van der Waals surface area contributed by atoms with E-state index in [1.807, 2.05) is 42.6 Å². The lowest BCUT2D eigenvalue weighted by molar-refractivity contribution is -0.122. The molecule has 6 heteroatoms. The quantitative estimate of drug-likeness (QED) is 0.721. The molecule has 28 heavy (non-hydrogen) atoms. The number of carbonyl (C=O) groups is 1. The van der Waals surface area contributed by atoms with E-state index in [1.165, 1.54) is 0 Å². The van der Waals surface area contributed by atoms with Crippen molar-refractivity contribution in [3.8, 4) is 5.75 Å². The van der Waals surface area contributed by atoms with Crippen molar-refractivity contribution in [2.45, 2.75) is 26.4 Å². The zero-order valence-electron chi connectivity index (χ0n) is 16.6. The van der Waals surface area contributed by atoms with Crippen LogP contribution in [0.4, 0.5) is 0 Å². The van der Waals surface area contributed by atoms with E-state index >= 15 is 0 Å². The van der Waals surface area contributed by atoms with Crippen molar-refractivity contribution in [3.63, 3.8) is 0 Å². The second-order valence-corrected chi connectivity index (χ2v) is 7.14. The highest BCUT2D eigenvalue weighted by Crippen LogP contribution is 2.12. The van der Waals surface area contributed by atoms with E-state index in [0.29, 0.717) is 13.1 Å². The first-order valence-corrected chi connectivity index (χ1v) is 10.1. The molecule has 6 nitrogen and oxygen atoms in total. The zero-order chi connectivity index (χ0) is 19.6. The number of carbonyl (C=O) groups excluding carboxylic acids is 1. The molecule has 0 atom stereocenters. The number of benzene rings is 1. The lowest BCUT2D eigenvalue weighted by atomic mass is 10.2. The van der Waals surface area contributed by atoms with Gasteiger partial charge >= 0.3 is 0 Å². The summed E-state index contributed by atoms with van der Waals surface area (Å²) in [6.45, 7) is 8.43. The molecule has 1 aliphatic heterocycles. The summed E-state index contributed by atoms with van der Waals surface area (Å²) in [5.41, 5.74) is 2.18. The predicted molar refractivity (Wildman–Crippen MR) is 110 cm³/mol. The Labute approximate surface area is 167 Å². The van der Waals surface area contributed by atoms with E-state index in [2.05, 4.69) is 33.1 Å². The number of rotatable bonds is 9. The van der Waals surface area contributed by atoms with Crippen LogP contribution in [0, 0.1) is 0 Å². The van der Waals surface area contributed by atoms with Crippen molar-refractivity contribution in [3.05, 3.63) is 59.9 Å². The Hall–Kier alpha value is -2.44. The van der Waals surface area contributed by atoms with Crippen LogP contribution >= 0.6 is 0 Å². The molecule has 2 aromatic rings. The highest BCUT2D eigenvalue weighted by Gasteiger charge is 2.19. The predicted octanol–water partition coefficient (Wildman–Crippen LogP) is 2.30. The van der Waals surface area contributed by atoms with Gasteiger partial charge in [0.25, 0.3) is 0 Å². The minimum atomic E-state index is 0.0736. The van der Waals surface area contributed by atoms with Crippen molar-refractivity contribution < 1.29 is 9.53 Å². The van der Waals surface area contributed by atoms with Gasteiger partial charge in [-0.1, -0.05) is 25.1 Å². The van der Waals surface area contributed by atoms with Gasteiger partial charge in [-0.15, -0.1) is 0 Å². The summed E-state index contributed by atoms with van der Waals surface area (Å²) in [6.07, 6.45) is 2.83. The van der Waals surface area contributed by atoms with Gasteiger partial charge in [-0.3, -0.25) is 19.6 Å². The number of nitrogens with zero attached hydrogens (tertiary/aromatic N) is 3. The molecule has 2 heterocycles. The van der Waals surface area contributed by atoms with Crippen LogP contribution in [0.5, 0.6) is 5.75 Å². The van der Waals surface area contributed by atoms with Gasteiger partial charge in [0, 0.05) is 45.5 Å². The number of pyridine rings is 1. The normalized spacial score (nSPS) is 15.3. The SMILES string of the molecule is CCCOc1ccc(CNC(=O)CN2CCN(Cc3ccccn3)CC2)cc1. The summed E-state index contributed by atoms with van der Waals surface area (Å²) in [5, 5.41) is 3.01. The van der Waals surface area contributed by atoms with Gasteiger partial charge in [-0.05, 0) is 36.2 Å². The molecule has 150 valence electrons. The molecule has 0 radical (unpaired) electrons.